The second-order valence-corrected chi connectivity index (χ2v) is 5.80. The van der Waals surface area contributed by atoms with Crippen molar-refractivity contribution in [2.45, 2.75) is 44.1 Å². The molecule has 16 heavy (non-hydrogen) atoms. The van der Waals surface area contributed by atoms with E-state index in [0.29, 0.717) is 6.61 Å². The molecule has 0 spiro atoms. The standard InChI is InChI=1S/C13H26N2O/c1-15-8-4-5-12(10-15)9-13(11-16)6-2-3-7-14-13/h12,14,16H,2-11H2,1H3. The van der Waals surface area contributed by atoms with Gasteiger partial charge in [0.2, 0.25) is 0 Å². The summed E-state index contributed by atoms with van der Waals surface area (Å²) in [7, 11) is 2.21. The third-order valence-corrected chi connectivity index (χ3v) is 4.29. The molecule has 94 valence electrons. The van der Waals surface area contributed by atoms with Gasteiger partial charge < -0.3 is 15.3 Å². The zero-order valence-corrected chi connectivity index (χ0v) is 10.5. The minimum absolute atomic E-state index is 0.0428. The van der Waals surface area contributed by atoms with E-state index in [0.717, 1.165) is 25.3 Å². The molecule has 2 saturated heterocycles. The molecular formula is C13H26N2O. The number of hydrogen-bond donors (Lipinski definition) is 2. The Morgan fingerprint density at radius 1 is 1.38 bits per heavy atom. The summed E-state index contributed by atoms with van der Waals surface area (Å²) in [6, 6.07) is 0. The van der Waals surface area contributed by atoms with Crippen LogP contribution in [-0.2, 0) is 0 Å². The summed E-state index contributed by atoms with van der Waals surface area (Å²) in [5.74, 6) is 0.775. The highest BCUT2D eigenvalue weighted by molar-refractivity contribution is 4.93. The molecule has 2 aliphatic heterocycles. The minimum Gasteiger partial charge on any atom is -0.394 e. The zero-order valence-electron chi connectivity index (χ0n) is 10.5. The third-order valence-electron chi connectivity index (χ3n) is 4.29. The van der Waals surface area contributed by atoms with Crippen LogP contribution in [0.25, 0.3) is 0 Å². The van der Waals surface area contributed by atoms with E-state index in [1.807, 2.05) is 0 Å². The van der Waals surface area contributed by atoms with Gasteiger partial charge in [0.15, 0.2) is 0 Å². The maximum atomic E-state index is 9.66. The molecule has 0 aromatic carbocycles. The Bertz CT molecular complexity index is 214. The van der Waals surface area contributed by atoms with Gasteiger partial charge in [-0.25, -0.2) is 0 Å². The molecule has 0 aliphatic carbocycles. The Hall–Kier alpha value is -0.120. The monoisotopic (exact) mass is 226 g/mol. The highest BCUT2D eigenvalue weighted by atomic mass is 16.3. The first-order valence-electron chi connectivity index (χ1n) is 6.78. The molecule has 3 nitrogen and oxygen atoms in total. The Morgan fingerprint density at radius 3 is 2.88 bits per heavy atom. The van der Waals surface area contributed by atoms with Crippen molar-refractivity contribution in [1.29, 1.82) is 0 Å². The quantitative estimate of drug-likeness (QED) is 0.759. The van der Waals surface area contributed by atoms with Gasteiger partial charge in [0.1, 0.15) is 0 Å². The number of hydrogen-bond acceptors (Lipinski definition) is 3. The summed E-state index contributed by atoms with van der Waals surface area (Å²) in [5.41, 5.74) is 0.0428. The van der Waals surface area contributed by atoms with E-state index >= 15 is 0 Å². The first kappa shape index (κ1) is 12.3. The number of aliphatic hydroxyl groups is 1. The predicted molar refractivity (Wildman–Crippen MR) is 66.5 cm³/mol. The maximum Gasteiger partial charge on any atom is 0.0613 e. The Labute approximate surface area is 99.2 Å². The molecule has 0 saturated carbocycles. The Balaban J connectivity index is 1.89. The van der Waals surface area contributed by atoms with Gasteiger partial charge in [-0.3, -0.25) is 0 Å². The van der Waals surface area contributed by atoms with Gasteiger partial charge in [-0.05, 0) is 58.2 Å². The number of nitrogens with zero attached hydrogens (tertiary/aromatic N) is 1. The summed E-state index contributed by atoms with van der Waals surface area (Å²) in [5, 5.41) is 13.2. The van der Waals surface area contributed by atoms with Gasteiger partial charge in [-0.1, -0.05) is 6.42 Å². The van der Waals surface area contributed by atoms with Gasteiger partial charge in [-0.2, -0.15) is 0 Å². The minimum atomic E-state index is 0.0428. The molecule has 0 radical (unpaired) electrons. The van der Waals surface area contributed by atoms with Crippen LogP contribution in [0.2, 0.25) is 0 Å². The number of piperidine rings is 2. The molecule has 0 amide bonds. The van der Waals surface area contributed by atoms with Crippen LogP contribution in [0.3, 0.4) is 0 Å². The van der Waals surface area contributed by atoms with Crippen molar-refractivity contribution < 1.29 is 5.11 Å². The average molecular weight is 226 g/mol. The molecule has 0 aromatic rings. The molecule has 3 heteroatoms. The molecule has 2 N–H and O–H groups in total. The lowest BCUT2D eigenvalue weighted by Gasteiger charge is -2.41. The second kappa shape index (κ2) is 5.48. The van der Waals surface area contributed by atoms with Crippen LogP contribution >= 0.6 is 0 Å². The maximum absolute atomic E-state index is 9.66. The van der Waals surface area contributed by atoms with E-state index in [4.69, 9.17) is 0 Å². The highest BCUT2D eigenvalue weighted by Crippen LogP contribution is 2.30. The molecule has 0 aromatic heterocycles. The SMILES string of the molecule is CN1CCCC(CC2(CO)CCCCN2)C1. The van der Waals surface area contributed by atoms with Gasteiger partial charge >= 0.3 is 0 Å². The van der Waals surface area contributed by atoms with Crippen molar-refractivity contribution >= 4 is 0 Å². The van der Waals surface area contributed by atoms with Crippen LogP contribution in [0.15, 0.2) is 0 Å². The van der Waals surface area contributed by atoms with Crippen LogP contribution in [-0.4, -0.2) is 48.8 Å². The van der Waals surface area contributed by atoms with Crippen LogP contribution < -0.4 is 5.32 Å². The lowest BCUT2D eigenvalue weighted by molar-refractivity contribution is 0.0854. The van der Waals surface area contributed by atoms with Crippen LogP contribution in [0.1, 0.15) is 38.5 Å². The summed E-state index contributed by atoms with van der Waals surface area (Å²) < 4.78 is 0. The lowest BCUT2D eigenvalue weighted by atomic mass is 9.79. The predicted octanol–water partition coefficient (Wildman–Crippen LogP) is 1.22. The number of rotatable bonds is 3. The fourth-order valence-electron chi connectivity index (χ4n) is 3.40. The number of nitrogens with one attached hydrogen (secondary N) is 1. The van der Waals surface area contributed by atoms with E-state index in [9.17, 15) is 5.11 Å². The largest absolute Gasteiger partial charge is 0.394 e. The normalized spacial score (nSPS) is 37.5. The van der Waals surface area contributed by atoms with Gasteiger partial charge in [-0.15, -0.1) is 0 Å². The van der Waals surface area contributed by atoms with Crippen molar-refractivity contribution in [3.05, 3.63) is 0 Å². The molecule has 2 unspecified atom stereocenters. The van der Waals surface area contributed by atoms with Gasteiger partial charge in [0.05, 0.1) is 6.61 Å². The second-order valence-electron chi connectivity index (χ2n) is 5.80. The Morgan fingerprint density at radius 2 is 2.25 bits per heavy atom. The van der Waals surface area contributed by atoms with Crippen LogP contribution in [0.5, 0.6) is 0 Å². The van der Waals surface area contributed by atoms with Crippen molar-refractivity contribution in [1.82, 2.24) is 10.2 Å². The lowest BCUT2D eigenvalue weighted by Crippen LogP contribution is -2.53. The van der Waals surface area contributed by atoms with E-state index in [1.165, 1.54) is 38.8 Å². The molecular weight excluding hydrogens is 200 g/mol. The fourth-order valence-corrected chi connectivity index (χ4v) is 3.40. The molecule has 2 fully saturated rings. The topological polar surface area (TPSA) is 35.5 Å². The first-order valence-corrected chi connectivity index (χ1v) is 6.78. The third kappa shape index (κ3) is 2.96. The summed E-state index contributed by atoms with van der Waals surface area (Å²) in [6.07, 6.45) is 7.52. The van der Waals surface area contributed by atoms with Crippen molar-refractivity contribution in [2.75, 3.05) is 33.3 Å². The number of aliphatic hydroxyl groups excluding tert-OH is 1. The van der Waals surface area contributed by atoms with Crippen LogP contribution in [0.4, 0.5) is 0 Å². The average Bonchev–Trinajstić information content (AvgIpc) is 2.30. The summed E-state index contributed by atoms with van der Waals surface area (Å²) in [4.78, 5) is 2.43. The zero-order chi connectivity index (χ0) is 11.4. The molecule has 2 rings (SSSR count). The van der Waals surface area contributed by atoms with E-state index in [-0.39, 0.29) is 5.54 Å². The highest BCUT2D eigenvalue weighted by Gasteiger charge is 2.34. The summed E-state index contributed by atoms with van der Waals surface area (Å²) >= 11 is 0. The molecule has 2 atom stereocenters. The van der Waals surface area contributed by atoms with Crippen molar-refractivity contribution in [3.8, 4) is 0 Å². The smallest absolute Gasteiger partial charge is 0.0613 e. The Kier molecular flexibility index (Phi) is 4.22. The van der Waals surface area contributed by atoms with Crippen molar-refractivity contribution in [2.24, 2.45) is 5.92 Å². The molecule has 2 heterocycles. The first-order chi connectivity index (χ1) is 7.74. The van der Waals surface area contributed by atoms with Crippen molar-refractivity contribution in [3.63, 3.8) is 0 Å². The summed E-state index contributed by atoms with van der Waals surface area (Å²) in [6.45, 7) is 3.86. The number of likely N-dealkylation sites (tertiary alicyclic amines) is 1. The fraction of sp³-hybridized carbons (Fsp3) is 1.00. The van der Waals surface area contributed by atoms with E-state index in [1.54, 1.807) is 0 Å². The van der Waals surface area contributed by atoms with Gasteiger partial charge in [0.25, 0.3) is 0 Å². The van der Waals surface area contributed by atoms with E-state index < -0.39 is 0 Å². The van der Waals surface area contributed by atoms with Crippen LogP contribution in [0, 0.1) is 5.92 Å². The van der Waals surface area contributed by atoms with Gasteiger partial charge in [0, 0.05) is 12.1 Å². The molecule has 2 aliphatic rings. The van der Waals surface area contributed by atoms with E-state index in [2.05, 4.69) is 17.3 Å². The molecule has 0 bridgehead atoms.